The van der Waals surface area contributed by atoms with Gasteiger partial charge in [-0.3, -0.25) is 4.90 Å². The minimum atomic E-state index is -0.420. The van der Waals surface area contributed by atoms with E-state index < -0.39 is 5.60 Å². The molecule has 0 saturated carbocycles. The highest BCUT2D eigenvalue weighted by Crippen LogP contribution is 2.23. The van der Waals surface area contributed by atoms with Crippen molar-refractivity contribution in [2.24, 2.45) is 5.92 Å². The van der Waals surface area contributed by atoms with Crippen LogP contribution in [-0.2, 0) is 4.74 Å². The van der Waals surface area contributed by atoms with E-state index in [-0.39, 0.29) is 6.09 Å². The van der Waals surface area contributed by atoms with E-state index in [1.54, 1.807) is 0 Å². The van der Waals surface area contributed by atoms with Crippen LogP contribution in [0.5, 0.6) is 0 Å². The molecule has 1 amide bonds. The van der Waals surface area contributed by atoms with Crippen molar-refractivity contribution in [3.63, 3.8) is 0 Å². The number of nitrogens with zero attached hydrogens (tertiary/aromatic N) is 3. The molecule has 6 nitrogen and oxygen atoms in total. The number of ether oxygens (including phenoxy) is 1. The van der Waals surface area contributed by atoms with Gasteiger partial charge in [-0.05, 0) is 57.7 Å². The molecule has 2 saturated heterocycles. The molecule has 27 heavy (non-hydrogen) atoms. The quantitative estimate of drug-likeness (QED) is 0.824. The molecule has 0 radical (unpaired) electrons. The second kappa shape index (κ2) is 8.38. The van der Waals surface area contributed by atoms with E-state index in [9.17, 15) is 4.79 Å². The maximum Gasteiger partial charge on any atom is 0.410 e. The summed E-state index contributed by atoms with van der Waals surface area (Å²) in [6.45, 7) is 12.8. The van der Waals surface area contributed by atoms with Crippen LogP contribution in [-0.4, -0.2) is 67.3 Å². The topological polar surface area (TPSA) is 62.0 Å². The number of rotatable bonds is 3. The molecule has 1 aromatic carbocycles. The van der Waals surface area contributed by atoms with E-state index in [4.69, 9.17) is 10.5 Å². The summed E-state index contributed by atoms with van der Waals surface area (Å²) >= 11 is 0. The van der Waals surface area contributed by atoms with E-state index in [1.807, 2.05) is 37.8 Å². The zero-order valence-electron chi connectivity index (χ0n) is 17.0. The number of carbonyl (C=O) groups is 1. The molecular formula is C21H34N4O2. The second-order valence-corrected chi connectivity index (χ2v) is 8.79. The van der Waals surface area contributed by atoms with Gasteiger partial charge in [0.25, 0.3) is 0 Å². The first-order valence-electron chi connectivity index (χ1n) is 10.1. The van der Waals surface area contributed by atoms with Crippen LogP contribution >= 0.6 is 0 Å². The Morgan fingerprint density at radius 2 is 1.78 bits per heavy atom. The van der Waals surface area contributed by atoms with Crippen molar-refractivity contribution in [3.8, 4) is 0 Å². The third-order valence-corrected chi connectivity index (χ3v) is 5.39. The van der Waals surface area contributed by atoms with Crippen LogP contribution in [0, 0.1) is 5.92 Å². The van der Waals surface area contributed by atoms with Gasteiger partial charge in [-0.1, -0.05) is 6.07 Å². The Kier molecular flexibility index (Phi) is 6.15. The standard InChI is InChI=1S/C21H34N4O2/c1-21(2,3)27-20(26)25-9-7-17(8-10-25)16-23-11-13-24(14-12-23)19-6-4-5-18(22)15-19/h4-6,15,17H,7-14,16,22H2,1-3H3. The summed E-state index contributed by atoms with van der Waals surface area (Å²) in [4.78, 5) is 19.0. The van der Waals surface area contributed by atoms with E-state index in [0.29, 0.717) is 5.92 Å². The summed E-state index contributed by atoms with van der Waals surface area (Å²) in [6.07, 6.45) is 1.96. The molecule has 2 N–H and O–H groups in total. The fraction of sp³-hybridized carbons (Fsp3) is 0.667. The van der Waals surface area contributed by atoms with Crippen LogP contribution in [0.3, 0.4) is 0 Å². The molecule has 0 aromatic heterocycles. The molecule has 0 unspecified atom stereocenters. The van der Waals surface area contributed by atoms with Crippen molar-refractivity contribution in [2.45, 2.75) is 39.2 Å². The average molecular weight is 375 g/mol. The largest absolute Gasteiger partial charge is 0.444 e. The van der Waals surface area contributed by atoms with Crippen molar-refractivity contribution >= 4 is 17.5 Å². The Morgan fingerprint density at radius 3 is 2.37 bits per heavy atom. The van der Waals surface area contributed by atoms with Gasteiger partial charge in [0, 0.05) is 57.2 Å². The lowest BCUT2D eigenvalue weighted by atomic mass is 9.96. The summed E-state index contributed by atoms with van der Waals surface area (Å²) in [7, 11) is 0. The van der Waals surface area contributed by atoms with E-state index in [2.05, 4.69) is 21.9 Å². The molecule has 6 heteroatoms. The average Bonchev–Trinajstić information content (AvgIpc) is 2.61. The van der Waals surface area contributed by atoms with E-state index in [1.165, 1.54) is 5.69 Å². The van der Waals surface area contributed by atoms with Crippen LogP contribution in [0.15, 0.2) is 24.3 Å². The van der Waals surface area contributed by atoms with Crippen molar-refractivity contribution in [2.75, 3.05) is 56.4 Å². The predicted molar refractivity (Wildman–Crippen MR) is 110 cm³/mol. The number of piperazine rings is 1. The summed E-state index contributed by atoms with van der Waals surface area (Å²) in [6, 6.07) is 8.15. The van der Waals surface area contributed by atoms with Crippen molar-refractivity contribution in [3.05, 3.63) is 24.3 Å². The number of nitrogen functional groups attached to an aromatic ring is 1. The lowest BCUT2D eigenvalue weighted by Gasteiger charge is -2.39. The predicted octanol–water partition coefficient (Wildman–Crippen LogP) is 3.04. The summed E-state index contributed by atoms with van der Waals surface area (Å²) in [5.74, 6) is 0.669. The number of nitrogens with two attached hydrogens (primary N) is 1. The molecule has 0 atom stereocenters. The van der Waals surface area contributed by atoms with E-state index >= 15 is 0 Å². The molecule has 3 rings (SSSR count). The molecule has 150 valence electrons. The van der Waals surface area contributed by atoms with Gasteiger partial charge < -0.3 is 20.3 Å². The van der Waals surface area contributed by atoms with Crippen LogP contribution in [0.1, 0.15) is 33.6 Å². The molecule has 2 fully saturated rings. The third-order valence-electron chi connectivity index (χ3n) is 5.39. The van der Waals surface area contributed by atoms with Crippen LogP contribution in [0.25, 0.3) is 0 Å². The zero-order chi connectivity index (χ0) is 19.4. The van der Waals surface area contributed by atoms with E-state index in [0.717, 1.165) is 64.3 Å². The Balaban J connectivity index is 1.40. The summed E-state index contributed by atoms with van der Waals surface area (Å²) in [5, 5.41) is 0. The van der Waals surface area contributed by atoms with Crippen molar-refractivity contribution in [1.82, 2.24) is 9.80 Å². The number of amides is 1. The van der Waals surface area contributed by atoms with Gasteiger partial charge >= 0.3 is 6.09 Å². The molecule has 2 aliphatic rings. The molecule has 0 spiro atoms. The fourth-order valence-corrected chi connectivity index (χ4v) is 3.90. The smallest absolute Gasteiger partial charge is 0.410 e. The number of anilines is 2. The third kappa shape index (κ3) is 5.76. The van der Waals surface area contributed by atoms with Gasteiger partial charge in [0.05, 0.1) is 0 Å². The number of benzene rings is 1. The number of hydrogen-bond donors (Lipinski definition) is 1. The first-order valence-corrected chi connectivity index (χ1v) is 10.1. The van der Waals surface area contributed by atoms with Crippen LogP contribution in [0.4, 0.5) is 16.2 Å². The summed E-state index contributed by atoms with van der Waals surface area (Å²) in [5.41, 5.74) is 7.54. The molecule has 1 aromatic rings. The Labute approximate surface area is 163 Å². The van der Waals surface area contributed by atoms with Gasteiger partial charge in [-0.15, -0.1) is 0 Å². The SMILES string of the molecule is CC(C)(C)OC(=O)N1CCC(CN2CCN(c3cccc(N)c3)CC2)CC1. The highest BCUT2D eigenvalue weighted by Gasteiger charge is 2.28. The van der Waals surface area contributed by atoms with Crippen LogP contribution in [0.2, 0.25) is 0 Å². The molecule has 0 bridgehead atoms. The molecule has 2 aliphatic heterocycles. The first-order chi connectivity index (χ1) is 12.8. The monoisotopic (exact) mass is 374 g/mol. The normalized spacial score (nSPS) is 20.0. The maximum absolute atomic E-state index is 12.2. The summed E-state index contributed by atoms with van der Waals surface area (Å²) < 4.78 is 5.49. The lowest BCUT2D eigenvalue weighted by Crippen LogP contribution is -2.49. The second-order valence-electron chi connectivity index (χ2n) is 8.79. The number of hydrogen-bond acceptors (Lipinski definition) is 5. The van der Waals surface area contributed by atoms with Crippen LogP contribution < -0.4 is 10.6 Å². The number of piperidine rings is 1. The highest BCUT2D eigenvalue weighted by atomic mass is 16.6. The fourth-order valence-electron chi connectivity index (χ4n) is 3.90. The molecular weight excluding hydrogens is 340 g/mol. The molecule has 2 heterocycles. The van der Waals surface area contributed by atoms with Gasteiger partial charge in [0.15, 0.2) is 0 Å². The Hall–Kier alpha value is -1.95. The van der Waals surface area contributed by atoms with Gasteiger partial charge in [-0.25, -0.2) is 4.79 Å². The van der Waals surface area contributed by atoms with Crippen molar-refractivity contribution < 1.29 is 9.53 Å². The minimum Gasteiger partial charge on any atom is -0.444 e. The maximum atomic E-state index is 12.2. The Bertz CT molecular complexity index is 627. The lowest BCUT2D eigenvalue weighted by molar-refractivity contribution is 0.0169. The van der Waals surface area contributed by atoms with Gasteiger partial charge in [0.1, 0.15) is 5.60 Å². The zero-order valence-corrected chi connectivity index (χ0v) is 17.0. The Morgan fingerprint density at radius 1 is 1.11 bits per heavy atom. The van der Waals surface area contributed by atoms with Gasteiger partial charge in [0.2, 0.25) is 0 Å². The number of likely N-dealkylation sites (tertiary alicyclic amines) is 1. The minimum absolute atomic E-state index is 0.170. The molecule has 0 aliphatic carbocycles. The van der Waals surface area contributed by atoms with Crippen molar-refractivity contribution in [1.29, 1.82) is 0 Å². The number of carbonyl (C=O) groups excluding carboxylic acids is 1. The first kappa shape index (κ1) is 19.8. The van der Waals surface area contributed by atoms with Gasteiger partial charge in [-0.2, -0.15) is 0 Å². The highest BCUT2D eigenvalue weighted by molar-refractivity contribution is 5.68.